The van der Waals surface area contributed by atoms with E-state index >= 15 is 0 Å². The van der Waals surface area contributed by atoms with Crippen LogP contribution in [-0.2, 0) is 0 Å². The highest BCUT2D eigenvalue weighted by atomic mass is 15.1. The van der Waals surface area contributed by atoms with Gasteiger partial charge in [-0.1, -0.05) is 37.6 Å². The average Bonchev–Trinajstić information content (AvgIpc) is 2.28. The highest BCUT2D eigenvalue weighted by Gasteiger charge is 2.27. The van der Waals surface area contributed by atoms with Gasteiger partial charge in [-0.25, -0.2) is 0 Å². The van der Waals surface area contributed by atoms with E-state index in [2.05, 4.69) is 64.9 Å². The molecule has 0 radical (unpaired) electrons. The third kappa shape index (κ3) is 3.33. The largest absolute Gasteiger partial charge is 0.330 e. The molecule has 0 aliphatic carbocycles. The Morgan fingerprint density at radius 1 is 1.17 bits per heavy atom. The molecule has 102 valence electrons. The lowest BCUT2D eigenvalue weighted by atomic mass is 9.82. The molecule has 0 saturated carbocycles. The van der Waals surface area contributed by atoms with Gasteiger partial charge < -0.3 is 10.6 Å². The van der Waals surface area contributed by atoms with E-state index in [0.29, 0.717) is 17.9 Å². The monoisotopic (exact) mass is 248 g/mol. The molecule has 2 heteroatoms. The Morgan fingerprint density at radius 3 is 2.22 bits per heavy atom. The van der Waals surface area contributed by atoms with E-state index in [-0.39, 0.29) is 0 Å². The summed E-state index contributed by atoms with van der Waals surface area (Å²) in [6.45, 7) is 9.61. The van der Waals surface area contributed by atoms with E-state index in [0.717, 1.165) is 6.54 Å². The second-order valence-electron chi connectivity index (χ2n) is 5.91. The van der Waals surface area contributed by atoms with Crippen molar-refractivity contribution in [1.82, 2.24) is 4.90 Å². The molecule has 0 saturated heterocycles. The molecule has 0 bridgehead atoms. The minimum absolute atomic E-state index is 0.398. The molecule has 0 aliphatic rings. The Morgan fingerprint density at radius 2 is 1.78 bits per heavy atom. The van der Waals surface area contributed by atoms with Gasteiger partial charge in [0.05, 0.1) is 0 Å². The number of hydrogen-bond acceptors (Lipinski definition) is 2. The first-order valence-corrected chi connectivity index (χ1v) is 6.82. The summed E-state index contributed by atoms with van der Waals surface area (Å²) >= 11 is 0. The third-order valence-electron chi connectivity index (χ3n) is 3.84. The number of rotatable bonds is 5. The van der Waals surface area contributed by atoms with Crippen molar-refractivity contribution in [3.05, 3.63) is 34.9 Å². The zero-order valence-corrected chi connectivity index (χ0v) is 12.7. The molecule has 2 unspecified atom stereocenters. The van der Waals surface area contributed by atoms with Crippen LogP contribution in [0.3, 0.4) is 0 Å². The van der Waals surface area contributed by atoms with Gasteiger partial charge in [0.1, 0.15) is 0 Å². The molecule has 0 fully saturated rings. The normalized spacial score (nSPS) is 15.2. The molecule has 0 aromatic heterocycles. The van der Waals surface area contributed by atoms with Gasteiger partial charge in [0.25, 0.3) is 0 Å². The van der Waals surface area contributed by atoms with E-state index in [4.69, 9.17) is 5.73 Å². The van der Waals surface area contributed by atoms with Gasteiger partial charge >= 0.3 is 0 Å². The van der Waals surface area contributed by atoms with Crippen molar-refractivity contribution in [1.29, 1.82) is 0 Å². The molecule has 1 aromatic rings. The summed E-state index contributed by atoms with van der Waals surface area (Å²) in [6, 6.07) is 7.10. The standard InChI is InChI=1S/C16H28N2/c1-11(2)15(10-17)16(18(5)6)14-9-12(3)7-8-13(14)4/h7-9,11,15-16H,10,17H2,1-6H3. The highest BCUT2D eigenvalue weighted by Crippen LogP contribution is 2.33. The van der Waals surface area contributed by atoms with Crippen LogP contribution >= 0.6 is 0 Å². The van der Waals surface area contributed by atoms with Crippen LogP contribution < -0.4 is 5.73 Å². The minimum Gasteiger partial charge on any atom is -0.330 e. The van der Waals surface area contributed by atoms with Gasteiger partial charge in [0.15, 0.2) is 0 Å². The molecule has 0 spiro atoms. The maximum absolute atomic E-state index is 6.01. The van der Waals surface area contributed by atoms with Crippen molar-refractivity contribution >= 4 is 0 Å². The van der Waals surface area contributed by atoms with Crippen molar-refractivity contribution in [2.24, 2.45) is 17.6 Å². The van der Waals surface area contributed by atoms with Crippen LogP contribution in [0.15, 0.2) is 18.2 Å². The maximum atomic E-state index is 6.01. The lowest BCUT2D eigenvalue weighted by Crippen LogP contribution is -2.35. The minimum atomic E-state index is 0.398. The summed E-state index contributed by atoms with van der Waals surface area (Å²) in [5.74, 6) is 1.07. The molecule has 0 heterocycles. The second kappa shape index (κ2) is 6.35. The van der Waals surface area contributed by atoms with Crippen molar-refractivity contribution in [3.63, 3.8) is 0 Å². The molecular weight excluding hydrogens is 220 g/mol. The first-order chi connectivity index (χ1) is 8.38. The van der Waals surface area contributed by atoms with Gasteiger partial charge in [-0.15, -0.1) is 0 Å². The lowest BCUT2D eigenvalue weighted by molar-refractivity contribution is 0.175. The summed E-state index contributed by atoms with van der Waals surface area (Å²) in [5, 5.41) is 0. The van der Waals surface area contributed by atoms with Crippen LogP contribution in [0.2, 0.25) is 0 Å². The highest BCUT2D eigenvalue weighted by molar-refractivity contribution is 5.33. The summed E-state index contributed by atoms with van der Waals surface area (Å²) in [4.78, 5) is 2.30. The van der Waals surface area contributed by atoms with Crippen LogP contribution in [0.1, 0.15) is 36.6 Å². The topological polar surface area (TPSA) is 29.3 Å². The van der Waals surface area contributed by atoms with Gasteiger partial charge in [-0.3, -0.25) is 0 Å². The number of nitrogens with two attached hydrogens (primary N) is 1. The number of aryl methyl sites for hydroxylation is 2. The first-order valence-electron chi connectivity index (χ1n) is 6.82. The van der Waals surface area contributed by atoms with Crippen molar-refractivity contribution in [2.45, 2.75) is 33.7 Å². The van der Waals surface area contributed by atoms with E-state index in [1.165, 1.54) is 16.7 Å². The summed E-state index contributed by atoms with van der Waals surface area (Å²) in [6.07, 6.45) is 0. The van der Waals surface area contributed by atoms with E-state index in [1.54, 1.807) is 0 Å². The van der Waals surface area contributed by atoms with Crippen LogP contribution in [0, 0.1) is 25.7 Å². The summed E-state index contributed by atoms with van der Waals surface area (Å²) in [7, 11) is 4.30. The van der Waals surface area contributed by atoms with E-state index in [9.17, 15) is 0 Å². The average molecular weight is 248 g/mol. The van der Waals surface area contributed by atoms with Gasteiger partial charge in [0.2, 0.25) is 0 Å². The SMILES string of the molecule is Cc1ccc(C)c(C(C(CN)C(C)C)N(C)C)c1. The van der Waals surface area contributed by atoms with Gasteiger partial charge in [-0.2, -0.15) is 0 Å². The number of nitrogens with zero attached hydrogens (tertiary/aromatic N) is 1. The molecule has 1 aromatic carbocycles. The van der Waals surface area contributed by atoms with Crippen LogP contribution in [0.5, 0.6) is 0 Å². The quantitative estimate of drug-likeness (QED) is 0.867. The second-order valence-corrected chi connectivity index (χ2v) is 5.91. The van der Waals surface area contributed by atoms with Crippen LogP contribution in [0.4, 0.5) is 0 Å². The summed E-state index contributed by atoms with van der Waals surface area (Å²) < 4.78 is 0. The first kappa shape index (κ1) is 15.2. The molecular formula is C16H28N2. The molecule has 1 rings (SSSR count). The zero-order chi connectivity index (χ0) is 13.9. The number of hydrogen-bond donors (Lipinski definition) is 1. The lowest BCUT2D eigenvalue weighted by Gasteiger charge is -2.35. The summed E-state index contributed by atoms with van der Waals surface area (Å²) in [5.41, 5.74) is 10.1. The van der Waals surface area contributed by atoms with Crippen molar-refractivity contribution in [3.8, 4) is 0 Å². The maximum Gasteiger partial charge on any atom is 0.0387 e. The molecule has 0 amide bonds. The van der Waals surface area contributed by atoms with Crippen molar-refractivity contribution < 1.29 is 0 Å². The van der Waals surface area contributed by atoms with E-state index in [1.807, 2.05) is 0 Å². The fourth-order valence-electron chi connectivity index (χ4n) is 2.74. The Kier molecular flexibility index (Phi) is 5.36. The molecule has 18 heavy (non-hydrogen) atoms. The van der Waals surface area contributed by atoms with Crippen LogP contribution in [-0.4, -0.2) is 25.5 Å². The fraction of sp³-hybridized carbons (Fsp3) is 0.625. The zero-order valence-electron chi connectivity index (χ0n) is 12.7. The Balaban J connectivity index is 3.23. The Hall–Kier alpha value is -0.860. The van der Waals surface area contributed by atoms with Crippen LogP contribution in [0.25, 0.3) is 0 Å². The van der Waals surface area contributed by atoms with E-state index < -0.39 is 0 Å². The Bertz CT molecular complexity index is 383. The fourth-order valence-corrected chi connectivity index (χ4v) is 2.74. The third-order valence-corrected chi connectivity index (χ3v) is 3.84. The molecule has 0 aliphatic heterocycles. The predicted molar refractivity (Wildman–Crippen MR) is 79.7 cm³/mol. The molecule has 2 atom stereocenters. The Labute approximate surface area is 112 Å². The predicted octanol–water partition coefficient (Wildman–Crippen LogP) is 3.14. The molecule has 2 N–H and O–H groups in total. The number of benzene rings is 1. The van der Waals surface area contributed by atoms with Crippen molar-refractivity contribution in [2.75, 3.05) is 20.6 Å². The van der Waals surface area contributed by atoms with Gasteiger partial charge in [-0.05, 0) is 57.5 Å². The van der Waals surface area contributed by atoms with Gasteiger partial charge in [0, 0.05) is 6.04 Å². The smallest absolute Gasteiger partial charge is 0.0387 e. The molecule has 2 nitrogen and oxygen atoms in total.